The number of benzene rings is 3. The lowest BCUT2D eigenvalue weighted by atomic mass is 10.0. The molecule has 2 heterocycles. The molecule has 0 bridgehead atoms. The summed E-state index contributed by atoms with van der Waals surface area (Å²) in [5.41, 5.74) is 3.30. The van der Waals surface area contributed by atoms with Gasteiger partial charge in [0, 0.05) is 24.2 Å². The van der Waals surface area contributed by atoms with Crippen LogP contribution in [0.25, 0.3) is 27.8 Å². The number of rotatable bonds is 6. The third-order valence-corrected chi connectivity index (χ3v) is 5.49. The van der Waals surface area contributed by atoms with Gasteiger partial charge in [-0.1, -0.05) is 48.5 Å². The second-order valence-corrected chi connectivity index (χ2v) is 7.72. The molecule has 5 aromatic rings. The number of aryl methyl sites for hydroxylation is 1. The summed E-state index contributed by atoms with van der Waals surface area (Å²) in [6.07, 6.45) is 2.93. The molecule has 0 fully saturated rings. The number of nitrogens with one attached hydrogen (secondary N) is 1. The maximum absolute atomic E-state index is 13.2. The van der Waals surface area contributed by atoms with E-state index in [-0.39, 0.29) is 30.2 Å². The van der Waals surface area contributed by atoms with Crippen LogP contribution in [-0.4, -0.2) is 25.2 Å². The summed E-state index contributed by atoms with van der Waals surface area (Å²) in [5, 5.41) is 7.49. The van der Waals surface area contributed by atoms with Crippen molar-refractivity contribution in [1.29, 1.82) is 0 Å². The minimum atomic E-state index is -0.361. The van der Waals surface area contributed by atoms with Crippen molar-refractivity contribution in [3.05, 3.63) is 108 Å². The summed E-state index contributed by atoms with van der Waals surface area (Å²) >= 11 is 0. The van der Waals surface area contributed by atoms with E-state index in [2.05, 4.69) is 15.4 Å². The Morgan fingerprint density at radius 2 is 1.68 bits per heavy atom. The maximum atomic E-state index is 13.2. The molecule has 168 valence electrons. The minimum Gasteiger partial charge on any atom is -0.325 e. The Bertz CT molecular complexity index is 1520. The Hall–Kier alpha value is -4.59. The maximum Gasteiger partial charge on any atom is 0.264 e. The van der Waals surface area contributed by atoms with Gasteiger partial charge < -0.3 is 5.32 Å². The highest BCUT2D eigenvalue weighted by Crippen LogP contribution is 2.27. The standard InChI is InChI=1S/C26H20FN5O2/c27-19-10-12-20(13-11-19)32-25-22(16-29-32)26(34)31(17-28-25)15-14-24(33)30-23-9-5-4-8-21(23)18-6-2-1-3-7-18/h1-13,16-17H,14-15H2,(H,30,33). The van der Waals surface area contributed by atoms with Gasteiger partial charge in [-0.2, -0.15) is 5.10 Å². The molecule has 3 aromatic carbocycles. The van der Waals surface area contributed by atoms with Gasteiger partial charge in [0.25, 0.3) is 5.56 Å². The van der Waals surface area contributed by atoms with Gasteiger partial charge in [0.1, 0.15) is 11.2 Å². The molecular weight excluding hydrogens is 433 g/mol. The third kappa shape index (κ3) is 4.21. The lowest BCUT2D eigenvalue weighted by molar-refractivity contribution is -0.116. The minimum absolute atomic E-state index is 0.0995. The van der Waals surface area contributed by atoms with Gasteiger partial charge >= 0.3 is 0 Å². The number of para-hydroxylation sites is 1. The molecule has 0 saturated heterocycles. The Labute approximate surface area is 194 Å². The first-order valence-electron chi connectivity index (χ1n) is 10.7. The molecule has 8 heteroatoms. The summed E-state index contributed by atoms with van der Waals surface area (Å²) in [7, 11) is 0. The molecule has 2 aromatic heterocycles. The third-order valence-electron chi connectivity index (χ3n) is 5.49. The molecule has 0 unspecified atom stereocenters. The van der Waals surface area contributed by atoms with Crippen LogP contribution in [0.5, 0.6) is 0 Å². The van der Waals surface area contributed by atoms with E-state index in [9.17, 15) is 14.0 Å². The zero-order valence-corrected chi connectivity index (χ0v) is 18.1. The van der Waals surface area contributed by atoms with Crippen LogP contribution in [0.1, 0.15) is 6.42 Å². The molecule has 0 spiro atoms. The molecule has 0 atom stereocenters. The van der Waals surface area contributed by atoms with Gasteiger partial charge in [0.05, 0.1) is 18.2 Å². The molecule has 0 radical (unpaired) electrons. The monoisotopic (exact) mass is 453 g/mol. The zero-order valence-electron chi connectivity index (χ0n) is 18.1. The normalized spacial score (nSPS) is 11.0. The van der Waals surface area contributed by atoms with Crippen LogP contribution in [0.15, 0.2) is 96.2 Å². The number of amides is 1. The van der Waals surface area contributed by atoms with Gasteiger partial charge in [-0.15, -0.1) is 0 Å². The first kappa shape index (κ1) is 21.3. The second-order valence-electron chi connectivity index (χ2n) is 7.72. The molecule has 1 N–H and O–H groups in total. The predicted octanol–water partition coefficient (Wildman–Crippen LogP) is 4.42. The van der Waals surface area contributed by atoms with Crippen molar-refractivity contribution in [3.63, 3.8) is 0 Å². The van der Waals surface area contributed by atoms with E-state index >= 15 is 0 Å². The van der Waals surface area contributed by atoms with E-state index in [1.54, 1.807) is 12.1 Å². The fourth-order valence-corrected chi connectivity index (χ4v) is 3.78. The van der Waals surface area contributed by atoms with Crippen LogP contribution >= 0.6 is 0 Å². The van der Waals surface area contributed by atoms with Gasteiger partial charge in [0.2, 0.25) is 5.91 Å². The molecule has 0 aliphatic carbocycles. The Kier molecular flexibility index (Phi) is 5.70. The molecule has 1 amide bonds. The molecule has 0 aliphatic heterocycles. The number of carbonyl (C=O) groups excluding carboxylic acids is 1. The number of anilines is 1. The predicted molar refractivity (Wildman–Crippen MR) is 128 cm³/mol. The molecule has 5 rings (SSSR count). The summed E-state index contributed by atoms with van der Waals surface area (Å²) in [6, 6.07) is 23.1. The lowest BCUT2D eigenvalue weighted by Crippen LogP contribution is -2.23. The van der Waals surface area contributed by atoms with Gasteiger partial charge in [0.15, 0.2) is 5.65 Å². The van der Waals surface area contributed by atoms with Crippen LogP contribution in [0.3, 0.4) is 0 Å². The Balaban J connectivity index is 1.32. The summed E-state index contributed by atoms with van der Waals surface area (Å²) in [4.78, 5) is 29.9. The van der Waals surface area contributed by atoms with Gasteiger partial charge in [-0.3, -0.25) is 14.2 Å². The number of fused-ring (bicyclic) bond motifs is 1. The Morgan fingerprint density at radius 1 is 0.941 bits per heavy atom. The van der Waals surface area contributed by atoms with Gasteiger partial charge in [-0.05, 0) is 35.9 Å². The second kappa shape index (κ2) is 9.11. The lowest BCUT2D eigenvalue weighted by Gasteiger charge is -2.12. The highest BCUT2D eigenvalue weighted by Gasteiger charge is 2.13. The number of halogens is 1. The number of aromatic nitrogens is 4. The van der Waals surface area contributed by atoms with Crippen molar-refractivity contribution in [2.45, 2.75) is 13.0 Å². The van der Waals surface area contributed by atoms with Crippen molar-refractivity contribution in [2.24, 2.45) is 0 Å². The van der Waals surface area contributed by atoms with E-state index in [0.717, 1.165) is 11.1 Å². The topological polar surface area (TPSA) is 81.8 Å². The number of hydrogen-bond acceptors (Lipinski definition) is 4. The molecule has 34 heavy (non-hydrogen) atoms. The van der Waals surface area contributed by atoms with E-state index in [1.165, 1.54) is 33.9 Å². The van der Waals surface area contributed by atoms with Crippen LogP contribution in [-0.2, 0) is 11.3 Å². The molecule has 7 nitrogen and oxygen atoms in total. The van der Waals surface area contributed by atoms with E-state index in [4.69, 9.17) is 0 Å². The SMILES string of the molecule is O=C(CCn1cnc2c(cnn2-c2ccc(F)cc2)c1=O)Nc1ccccc1-c1ccccc1. The van der Waals surface area contributed by atoms with Crippen molar-refractivity contribution in [1.82, 2.24) is 19.3 Å². The number of carbonyl (C=O) groups is 1. The largest absolute Gasteiger partial charge is 0.325 e. The molecule has 0 aliphatic rings. The van der Waals surface area contributed by atoms with Crippen LogP contribution in [0, 0.1) is 5.82 Å². The summed E-state index contributed by atoms with van der Waals surface area (Å²) < 4.78 is 16.1. The van der Waals surface area contributed by atoms with Crippen molar-refractivity contribution in [3.8, 4) is 16.8 Å². The van der Waals surface area contributed by atoms with Gasteiger partial charge in [-0.25, -0.2) is 14.1 Å². The average molecular weight is 453 g/mol. The summed E-state index contributed by atoms with van der Waals surface area (Å²) in [5.74, 6) is -0.572. The smallest absolute Gasteiger partial charge is 0.264 e. The van der Waals surface area contributed by atoms with Crippen LogP contribution in [0.4, 0.5) is 10.1 Å². The highest BCUT2D eigenvalue weighted by atomic mass is 19.1. The van der Waals surface area contributed by atoms with Crippen molar-refractivity contribution in [2.75, 3.05) is 5.32 Å². The first-order chi connectivity index (χ1) is 16.6. The van der Waals surface area contributed by atoms with Crippen LogP contribution < -0.4 is 10.9 Å². The average Bonchev–Trinajstić information content (AvgIpc) is 3.30. The fourth-order valence-electron chi connectivity index (χ4n) is 3.78. The number of nitrogens with zero attached hydrogens (tertiary/aromatic N) is 4. The van der Waals surface area contributed by atoms with E-state index in [1.807, 2.05) is 54.6 Å². The van der Waals surface area contributed by atoms with Crippen LogP contribution in [0.2, 0.25) is 0 Å². The summed E-state index contributed by atoms with van der Waals surface area (Å²) in [6.45, 7) is 0.169. The molecular formula is C26H20FN5O2. The zero-order chi connectivity index (χ0) is 23.5. The number of hydrogen-bond donors (Lipinski definition) is 1. The quantitative estimate of drug-likeness (QED) is 0.413. The first-order valence-corrected chi connectivity index (χ1v) is 10.7. The Morgan fingerprint density at radius 3 is 2.47 bits per heavy atom. The highest BCUT2D eigenvalue weighted by molar-refractivity contribution is 5.95. The van der Waals surface area contributed by atoms with E-state index in [0.29, 0.717) is 22.4 Å². The van der Waals surface area contributed by atoms with Crippen molar-refractivity contribution >= 4 is 22.6 Å². The van der Waals surface area contributed by atoms with Crippen molar-refractivity contribution < 1.29 is 9.18 Å². The fraction of sp³-hybridized carbons (Fsp3) is 0.0769. The van der Waals surface area contributed by atoms with E-state index < -0.39 is 0 Å². The molecule has 0 saturated carbocycles.